The monoisotopic (exact) mass is 320 g/mol. The van der Waals surface area contributed by atoms with Gasteiger partial charge in [0.2, 0.25) is 0 Å². The molecule has 0 atom stereocenters. The number of hydrogen-bond acceptors (Lipinski definition) is 4. The number of carbonyl (C=O) groups excluding carboxylic acids is 1. The van der Waals surface area contributed by atoms with Crippen molar-refractivity contribution in [1.29, 1.82) is 0 Å². The van der Waals surface area contributed by atoms with E-state index in [9.17, 15) is 14.7 Å². The van der Waals surface area contributed by atoms with Crippen LogP contribution in [0.1, 0.15) is 74.8 Å². The molecule has 1 heterocycles. The number of rotatable bonds is 3. The normalized spacial score (nSPS) is 16.0. The van der Waals surface area contributed by atoms with E-state index in [0.717, 1.165) is 25.7 Å². The Morgan fingerprint density at radius 1 is 1.26 bits per heavy atom. The number of nitrogens with zero attached hydrogens (tertiary/aromatic N) is 1. The number of hydrogen-bond donors (Lipinski definition) is 2. The molecule has 0 aliphatic heterocycles. The number of aromatic nitrogens is 1. The first-order chi connectivity index (χ1) is 10.8. The van der Waals surface area contributed by atoms with Crippen LogP contribution >= 0.6 is 0 Å². The molecule has 2 N–H and O–H groups in total. The third kappa shape index (κ3) is 4.94. The molecule has 2 rings (SSSR count). The van der Waals surface area contributed by atoms with Crippen LogP contribution in [0.15, 0.2) is 12.3 Å². The predicted octanol–water partition coefficient (Wildman–Crippen LogP) is 4.17. The van der Waals surface area contributed by atoms with Gasteiger partial charge in [-0.3, -0.25) is 10.3 Å². The highest BCUT2D eigenvalue weighted by Gasteiger charge is 2.24. The quantitative estimate of drug-likeness (QED) is 0.872. The minimum atomic E-state index is -1.02. The summed E-state index contributed by atoms with van der Waals surface area (Å²) in [4.78, 5) is 27.7. The van der Waals surface area contributed by atoms with Gasteiger partial charge in [-0.1, -0.05) is 19.3 Å². The van der Waals surface area contributed by atoms with E-state index >= 15 is 0 Å². The Hall–Kier alpha value is -2.11. The molecule has 1 aliphatic rings. The number of carboxylic acid groups (broad SMARTS) is 1. The molecule has 6 heteroatoms. The third-order valence-corrected chi connectivity index (χ3v) is 3.79. The van der Waals surface area contributed by atoms with E-state index in [4.69, 9.17) is 4.74 Å². The van der Waals surface area contributed by atoms with Gasteiger partial charge in [0.25, 0.3) is 0 Å². The zero-order valence-corrected chi connectivity index (χ0v) is 13.9. The maximum Gasteiger partial charge on any atom is 0.412 e. The smallest absolute Gasteiger partial charge is 0.412 e. The fourth-order valence-electron chi connectivity index (χ4n) is 2.84. The molecule has 0 saturated heterocycles. The van der Waals surface area contributed by atoms with Crippen LogP contribution < -0.4 is 5.32 Å². The fourth-order valence-corrected chi connectivity index (χ4v) is 2.84. The van der Waals surface area contributed by atoms with E-state index < -0.39 is 17.7 Å². The van der Waals surface area contributed by atoms with E-state index in [-0.39, 0.29) is 11.5 Å². The Bertz CT molecular complexity index is 587. The summed E-state index contributed by atoms with van der Waals surface area (Å²) in [5.74, 6) is -0.837. The van der Waals surface area contributed by atoms with Crippen molar-refractivity contribution in [3.05, 3.63) is 23.5 Å². The van der Waals surface area contributed by atoms with E-state index in [1.165, 1.54) is 18.7 Å². The summed E-state index contributed by atoms with van der Waals surface area (Å²) in [6.07, 6.45) is 6.20. The van der Waals surface area contributed by atoms with E-state index in [1.807, 2.05) is 0 Å². The highest BCUT2D eigenvalue weighted by molar-refractivity contribution is 5.92. The minimum absolute atomic E-state index is 0.158. The molecule has 0 aromatic carbocycles. The number of ether oxygens (including phenoxy) is 1. The Morgan fingerprint density at radius 3 is 2.48 bits per heavy atom. The number of carboxylic acids is 1. The molecular weight excluding hydrogens is 296 g/mol. The van der Waals surface area contributed by atoms with Crippen molar-refractivity contribution < 1.29 is 19.4 Å². The minimum Gasteiger partial charge on any atom is -0.478 e. The maximum absolute atomic E-state index is 11.8. The van der Waals surface area contributed by atoms with Gasteiger partial charge < -0.3 is 9.84 Å². The maximum atomic E-state index is 11.8. The number of amides is 1. The van der Waals surface area contributed by atoms with Crippen LogP contribution in [-0.4, -0.2) is 27.8 Å². The van der Waals surface area contributed by atoms with Crippen LogP contribution in [0.25, 0.3) is 0 Å². The Morgan fingerprint density at radius 2 is 1.91 bits per heavy atom. The average Bonchev–Trinajstić information content (AvgIpc) is 2.46. The van der Waals surface area contributed by atoms with Gasteiger partial charge in [0, 0.05) is 5.92 Å². The van der Waals surface area contributed by atoms with Crippen molar-refractivity contribution in [2.45, 2.75) is 64.4 Å². The molecule has 1 fully saturated rings. The first kappa shape index (κ1) is 17.2. The number of nitrogens with one attached hydrogen (secondary N) is 1. The lowest BCUT2D eigenvalue weighted by Crippen LogP contribution is -2.27. The number of anilines is 1. The van der Waals surface area contributed by atoms with E-state index in [0.29, 0.717) is 11.4 Å². The molecule has 126 valence electrons. The molecule has 1 amide bonds. The first-order valence-electron chi connectivity index (χ1n) is 7.99. The van der Waals surface area contributed by atoms with Crippen LogP contribution in [0, 0.1) is 0 Å². The van der Waals surface area contributed by atoms with Gasteiger partial charge in [0.05, 0.1) is 23.1 Å². The average molecular weight is 320 g/mol. The van der Waals surface area contributed by atoms with Crippen molar-refractivity contribution in [3.8, 4) is 0 Å². The van der Waals surface area contributed by atoms with Gasteiger partial charge >= 0.3 is 12.1 Å². The number of pyridine rings is 1. The summed E-state index contributed by atoms with van der Waals surface area (Å²) in [6, 6.07) is 1.46. The molecule has 1 aromatic heterocycles. The highest BCUT2D eigenvalue weighted by Crippen LogP contribution is 2.34. The fraction of sp³-hybridized carbons (Fsp3) is 0.588. The standard InChI is InChI=1S/C17H24N2O4/c1-17(2,3)23-16(22)19-12-9-13(15(20)21)14(18-10-12)11-7-5-4-6-8-11/h9-11H,4-8H2,1-3H3,(H,19,22)(H,20,21). The topological polar surface area (TPSA) is 88.5 Å². The summed E-state index contributed by atoms with van der Waals surface area (Å²) in [7, 11) is 0. The van der Waals surface area contributed by atoms with Crippen LogP contribution in [0.4, 0.5) is 10.5 Å². The highest BCUT2D eigenvalue weighted by atomic mass is 16.6. The first-order valence-corrected chi connectivity index (χ1v) is 7.99. The van der Waals surface area contributed by atoms with Crippen LogP contribution in [0.5, 0.6) is 0 Å². The van der Waals surface area contributed by atoms with Crippen molar-refractivity contribution in [2.75, 3.05) is 5.32 Å². The molecule has 6 nitrogen and oxygen atoms in total. The predicted molar refractivity (Wildman–Crippen MR) is 86.9 cm³/mol. The van der Waals surface area contributed by atoms with Gasteiger partial charge in [-0.05, 0) is 39.7 Å². The lowest BCUT2D eigenvalue weighted by atomic mass is 9.85. The van der Waals surface area contributed by atoms with Crippen molar-refractivity contribution in [3.63, 3.8) is 0 Å². The molecular formula is C17H24N2O4. The van der Waals surface area contributed by atoms with Crippen LogP contribution in [0.2, 0.25) is 0 Å². The van der Waals surface area contributed by atoms with Gasteiger partial charge in [-0.2, -0.15) is 0 Å². The molecule has 0 unspecified atom stereocenters. The Balaban J connectivity index is 2.18. The van der Waals surface area contributed by atoms with E-state index in [2.05, 4.69) is 10.3 Å². The van der Waals surface area contributed by atoms with Crippen molar-refractivity contribution >= 4 is 17.7 Å². The summed E-state index contributed by atoms with van der Waals surface area (Å²) < 4.78 is 5.16. The molecule has 1 aliphatic carbocycles. The molecule has 23 heavy (non-hydrogen) atoms. The molecule has 0 bridgehead atoms. The van der Waals surface area contributed by atoms with Crippen molar-refractivity contribution in [2.24, 2.45) is 0 Å². The molecule has 1 saturated carbocycles. The van der Waals surface area contributed by atoms with Gasteiger partial charge in [0.15, 0.2) is 0 Å². The largest absolute Gasteiger partial charge is 0.478 e. The second-order valence-corrected chi connectivity index (χ2v) is 6.92. The molecule has 0 spiro atoms. The molecule has 1 aromatic rings. The van der Waals surface area contributed by atoms with Crippen molar-refractivity contribution in [1.82, 2.24) is 4.98 Å². The zero-order valence-electron chi connectivity index (χ0n) is 13.9. The van der Waals surface area contributed by atoms with E-state index in [1.54, 1.807) is 20.8 Å². The van der Waals surface area contributed by atoms with Crippen LogP contribution in [-0.2, 0) is 4.74 Å². The van der Waals surface area contributed by atoms with Crippen LogP contribution in [0.3, 0.4) is 0 Å². The SMILES string of the molecule is CC(C)(C)OC(=O)Nc1cnc(C2CCCCC2)c(C(=O)O)c1. The third-order valence-electron chi connectivity index (χ3n) is 3.79. The summed E-state index contributed by atoms with van der Waals surface area (Å²) >= 11 is 0. The second-order valence-electron chi connectivity index (χ2n) is 6.92. The number of aromatic carboxylic acids is 1. The summed E-state index contributed by atoms with van der Waals surface area (Å²) in [5.41, 5.74) is 0.489. The summed E-state index contributed by atoms with van der Waals surface area (Å²) in [6.45, 7) is 5.29. The lowest BCUT2D eigenvalue weighted by molar-refractivity contribution is 0.0632. The molecule has 0 radical (unpaired) electrons. The zero-order chi connectivity index (χ0) is 17.0. The summed E-state index contributed by atoms with van der Waals surface area (Å²) in [5, 5.41) is 12.0. The second kappa shape index (κ2) is 6.98. The van der Waals surface area contributed by atoms with Gasteiger partial charge in [0.1, 0.15) is 5.60 Å². The Labute approximate surface area is 136 Å². The number of carbonyl (C=O) groups is 2. The lowest BCUT2D eigenvalue weighted by Gasteiger charge is -2.23. The van der Waals surface area contributed by atoms with Gasteiger partial charge in [-0.25, -0.2) is 9.59 Å². The Kier molecular flexibility index (Phi) is 5.23. The van der Waals surface area contributed by atoms with Gasteiger partial charge in [-0.15, -0.1) is 0 Å².